The number of para-hydroxylation sites is 1. The van der Waals surface area contributed by atoms with Crippen molar-refractivity contribution in [1.82, 2.24) is 14.5 Å². The number of methoxy groups -OCH3 is 1. The fourth-order valence-electron chi connectivity index (χ4n) is 4.35. The lowest BCUT2D eigenvalue weighted by Crippen LogP contribution is -2.22. The van der Waals surface area contributed by atoms with Crippen molar-refractivity contribution in [3.05, 3.63) is 76.1 Å². The molecular weight excluding hydrogens is 412 g/mol. The number of hydrogen-bond acceptors (Lipinski definition) is 5. The Morgan fingerprint density at radius 1 is 0.969 bits per heavy atom. The molecule has 3 heterocycles. The highest BCUT2D eigenvalue weighted by molar-refractivity contribution is 6.50. The molecule has 160 valence electrons. The van der Waals surface area contributed by atoms with Gasteiger partial charge in [0.25, 0.3) is 17.5 Å². The normalized spacial score (nSPS) is 14.1. The summed E-state index contributed by atoms with van der Waals surface area (Å²) in [7, 11) is 3.33. The maximum Gasteiger partial charge on any atom is 0.271 e. The smallest absolute Gasteiger partial charge is 0.271 e. The molecule has 1 aliphatic heterocycles. The molecule has 9 heteroatoms. The Labute approximate surface area is 181 Å². The molecule has 9 nitrogen and oxygen atoms in total. The fraction of sp³-hybridized carbons (Fsp3) is 0.130. The van der Waals surface area contributed by atoms with Gasteiger partial charge in [0.2, 0.25) is 0 Å². The van der Waals surface area contributed by atoms with E-state index in [0.717, 1.165) is 10.9 Å². The maximum atomic E-state index is 12.9. The van der Waals surface area contributed by atoms with Crippen molar-refractivity contribution < 1.29 is 19.2 Å². The minimum atomic E-state index is -0.501. The average molecular weight is 430 g/mol. The number of imide groups is 1. The zero-order chi connectivity index (χ0) is 22.6. The third-order valence-corrected chi connectivity index (χ3v) is 5.71. The zero-order valence-electron chi connectivity index (χ0n) is 17.3. The van der Waals surface area contributed by atoms with Gasteiger partial charge in [-0.15, -0.1) is 0 Å². The van der Waals surface area contributed by atoms with E-state index in [0.29, 0.717) is 22.0 Å². The van der Waals surface area contributed by atoms with Crippen molar-refractivity contribution in [2.75, 3.05) is 7.11 Å². The van der Waals surface area contributed by atoms with Crippen molar-refractivity contribution in [1.29, 1.82) is 0 Å². The molecule has 5 rings (SSSR count). The number of non-ortho nitro benzene ring substituents is 1. The Kier molecular flexibility index (Phi) is 4.42. The first-order valence-electron chi connectivity index (χ1n) is 9.81. The lowest BCUT2D eigenvalue weighted by atomic mass is 9.95. The topological polar surface area (TPSA) is 108 Å². The minimum absolute atomic E-state index is 0.0472. The zero-order valence-corrected chi connectivity index (χ0v) is 17.3. The van der Waals surface area contributed by atoms with E-state index in [1.807, 2.05) is 28.8 Å². The van der Waals surface area contributed by atoms with Crippen molar-refractivity contribution in [2.24, 2.45) is 7.05 Å². The van der Waals surface area contributed by atoms with Crippen LogP contribution in [0.4, 0.5) is 5.69 Å². The average Bonchev–Trinajstić information content (AvgIpc) is 3.39. The van der Waals surface area contributed by atoms with Crippen molar-refractivity contribution in [3.63, 3.8) is 0 Å². The summed E-state index contributed by atoms with van der Waals surface area (Å²) < 4.78 is 8.87. The number of benzene rings is 2. The van der Waals surface area contributed by atoms with E-state index in [1.54, 1.807) is 37.2 Å². The van der Waals surface area contributed by atoms with Gasteiger partial charge >= 0.3 is 0 Å². The molecule has 0 saturated heterocycles. The number of nitrogens with zero attached hydrogens (tertiary/aromatic N) is 3. The van der Waals surface area contributed by atoms with Crippen molar-refractivity contribution in [3.8, 4) is 0 Å². The molecule has 0 radical (unpaired) electrons. The first-order valence-corrected chi connectivity index (χ1v) is 9.81. The number of amides is 2. The van der Waals surface area contributed by atoms with Crippen LogP contribution in [0.25, 0.3) is 33.0 Å². The summed E-state index contributed by atoms with van der Waals surface area (Å²) in [5, 5.41) is 15.1. The van der Waals surface area contributed by atoms with Gasteiger partial charge in [0.15, 0.2) is 0 Å². The molecule has 2 amide bonds. The van der Waals surface area contributed by atoms with E-state index in [2.05, 4.69) is 5.32 Å². The fourth-order valence-corrected chi connectivity index (χ4v) is 4.35. The lowest BCUT2D eigenvalue weighted by Gasteiger charge is -2.03. The van der Waals surface area contributed by atoms with Crippen LogP contribution in [0, 0.1) is 10.1 Å². The van der Waals surface area contributed by atoms with Crippen molar-refractivity contribution >= 4 is 50.5 Å². The number of aromatic nitrogens is 2. The van der Waals surface area contributed by atoms with Crippen LogP contribution >= 0.6 is 0 Å². The standard InChI is InChI=1S/C23H18N4O5/c1-25-10-16(15-8-7-13(27(30)31)9-19(15)25)20-21(23(29)24-22(20)28)17-11-26(12-32-2)18-6-4-3-5-14(17)18/h3-11H,12H2,1-2H3,(H,24,28,29). The lowest BCUT2D eigenvalue weighted by molar-refractivity contribution is -0.384. The van der Waals surface area contributed by atoms with Gasteiger partial charge in [0, 0.05) is 60.6 Å². The minimum Gasteiger partial charge on any atom is -0.364 e. The van der Waals surface area contributed by atoms with E-state index < -0.39 is 16.7 Å². The SMILES string of the molecule is COCn1cc(C2=C(c3cn(C)c4cc([N+](=O)[O-])ccc34)C(=O)NC2=O)c2ccccc21. The van der Waals surface area contributed by atoms with Gasteiger partial charge in [0.05, 0.1) is 27.1 Å². The van der Waals surface area contributed by atoms with Gasteiger partial charge in [-0.2, -0.15) is 0 Å². The van der Waals surface area contributed by atoms with E-state index in [1.165, 1.54) is 12.1 Å². The monoisotopic (exact) mass is 430 g/mol. The van der Waals surface area contributed by atoms with Gasteiger partial charge < -0.3 is 13.9 Å². The van der Waals surface area contributed by atoms with Gasteiger partial charge in [-0.1, -0.05) is 18.2 Å². The van der Waals surface area contributed by atoms with E-state index in [4.69, 9.17) is 4.74 Å². The molecule has 1 N–H and O–H groups in total. The van der Waals surface area contributed by atoms with Crippen LogP contribution in [-0.4, -0.2) is 33.0 Å². The van der Waals surface area contributed by atoms with Gasteiger partial charge in [-0.25, -0.2) is 0 Å². The second-order valence-corrected chi connectivity index (χ2v) is 7.59. The van der Waals surface area contributed by atoms with Crippen LogP contribution in [0.1, 0.15) is 11.1 Å². The number of carbonyl (C=O) groups excluding carboxylic acids is 2. The van der Waals surface area contributed by atoms with Crippen LogP contribution in [0.15, 0.2) is 54.9 Å². The summed E-state index contributed by atoms with van der Waals surface area (Å²) in [4.78, 5) is 36.6. The largest absolute Gasteiger partial charge is 0.364 e. The van der Waals surface area contributed by atoms with Gasteiger partial charge in [-0.3, -0.25) is 25.0 Å². The highest BCUT2D eigenvalue weighted by Crippen LogP contribution is 2.39. The number of hydrogen-bond donors (Lipinski definition) is 1. The number of ether oxygens (including phenoxy) is 1. The molecule has 2 aromatic heterocycles. The molecule has 4 aromatic rings. The van der Waals surface area contributed by atoms with Crippen LogP contribution < -0.4 is 5.32 Å². The van der Waals surface area contributed by atoms with Gasteiger partial charge in [0.1, 0.15) is 6.73 Å². The van der Waals surface area contributed by atoms with Crippen LogP contribution in [0.3, 0.4) is 0 Å². The van der Waals surface area contributed by atoms with Crippen LogP contribution in [-0.2, 0) is 28.1 Å². The molecule has 2 aromatic carbocycles. The van der Waals surface area contributed by atoms with Crippen LogP contribution in [0.2, 0.25) is 0 Å². The Hall–Kier alpha value is -4.24. The summed E-state index contributed by atoms with van der Waals surface area (Å²) in [5.41, 5.74) is 3.09. The molecule has 0 atom stereocenters. The number of aryl methyl sites for hydroxylation is 1. The molecule has 1 aliphatic rings. The van der Waals surface area contributed by atoms with Gasteiger partial charge in [-0.05, 0) is 12.1 Å². The molecule has 0 unspecified atom stereocenters. The first kappa shape index (κ1) is 19.7. The number of rotatable bonds is 5. The highest BCUT2D eigenvalue weighted by atomic mass is 16.6. The summed E-state index contributed by atoms with van der Waals surface area (Å²) in [5.74, 6) is -0.983. The third kappa shape index (κ3) is 2.83. The van der Waals surface area contributed by atoms with E-state index in [-0.39, 0.29) is 23.6 Å². The summed E-state index contributed by atoms with van der Waals surface area (Å²) in [6, 6.07) is 12.0. The third-order valence-electron chi connectivity index (χ3n) is 5.71. The number of carbonyl (C=O) groups is 2. The van der Waals surface area contributed by atoms with Crippen molar-refractivity contribution in [2.45, 2.75) is 6.73 Å². The molecule has 0 spiro atoms. The first-order chi connectivity index (χ1) is 15.4. The Morgan fingerprint density at radius 2 is 1.62 bits per heavy atom. The summed E-state index contributed by atoms with van der Waals surface area (Å²) in [6.07, 6.45) is 3.52. The second-order valence-electron chi connectivity index (χ2n) is 7.59. The van der Waals surface area contributed by atoms with E-state index in [9.17, 15) is 19.7 Å². The number of nitro benzene ring substituents is 1. The number of nitrogens with one attached hydrogen (secondary N) is 1. The predicted octanol–water partition coefficient (Wildman–Crippen LogP) is 3.21. The number of nitro groups is 1. The highest BCUT2D eigenvalue weighted by Gasteiger charge is 2.35. The molecule has 0 fully saturated rings. The Morgan fingerprint density at radius 3 is 2.31 bits per heavy atom. The maximum absolute atomic E-state index is 12.9. The van der Waals surface area contributed by atoms with Crippen LogP contribution in [0.5, 0.6) is 0 Å². The molecule has 0 aliphatic carbocycles. The van der Waals surface area contributed by atoms with E-state index >= 15 is 0 Å². The molecule has 0 saturated carbocycles. The Balaban J connectivity index is 1.81. The molecular formula is C23H18N4O5. The second kappa shape index (κ2) is 7.17. The summed E-state index contributed by atoms with van der Waals surface area (Å²) in [6.45, 7) is 0.288. The predicted molar refractivity (Wildman–Crippen MR) is 118 cm³/mol. The molecule has 0 bridgehead atoms. The molecule has 32 heavy (non-hydrogen) atoms. The summed E-state index contributed by atoms with van der Waals surface area (Å²) >= 11 is 0. The number of fused-ring (bicyclic) bond motifs is 2. The quantitative estimate of drug-likeness (QED) is 0.297. The Bertz CT molecular complexity index is 1490.